The molecule has 0 N–H and O–H groups in total. The molecule has 1 aromatic heterocycles. The van der Waals surface area contributed by atoms with Gasteiger partial charge in [0.05, 0.1) is 17.9 Å². The highest BCUT2D eigenvalue weighted by atomic mass is 16.5. The lowest BCUT2D eigenvalue weighted by Crippen LogP contribution is -2.57. The standard InChI is InChI=1S/C21H32N4O2/c1-17-14-19(23(2)22-17)20(26)25-10-8-21(9-11-25)16-24(12-13-27-21)15-18-6-4-3-5-7-18/h6,14H,3-5,7-13,15-16H2,1-2H3. The highest BCUT2D eigenvalue weighted by Gasteiger charge is 2.41. The SMILES string of the molecule is Cc1cc(C(=O)N2CCC3(CC2)CN(CC2=CCCCC2)CCO3)n(C)n1. The normalized spacial score (nSPS) is 23.5. The van der Waals surface area contributed by atoms with Crippen LogP contribution in [0, 0.1) is 6.92 Å². The van der Waals surface area contributed by atoms with Crippen molar-refractivity contribution in [2.75, 3.05) is 39.3 Å². The number of allylic oxidation sites excluding steroid dienone is 1. The van der Waals surface area contributed by atoms with E-state index in [1.807, 2.05) is 24.9 Å². The Morgan fingerprint density at radius 3 is 2.74 bits per heavy atom. The zero-order chi connectivity index (χ0) is 18.9. The lowest BCUT2D eigenvalue weighted by molar-refractivity contribution is -0.130. The van der Waals surface area contributed by atoms with E-state index in [1.54, 1.807) is 10.3 Å². The fourth-order valence-electron chi connectivity index (χ4n) is 4.79. The van der Waals surface area contributed by atoms with Crippen LogP contribution in [0.1, 0.15) is 54.7 Å². The molecule has 1 amide bonds. The second-order valence-electron chi connectivity index (χ2n) is 8.44. The van der Waals surface area contributed by atoms with Crippen molar-refractivity contribution in [2.24, 2.45) is 7.05 Å². The van der Waals surface area contributed by atoms with Crippen molar-refractivity contribution in [1.82, 2.24) is 19.6 Å². The number of aryl methyl sites for hydroxylation is 2. The molecule has 2 saturated heterocycles. The Hall–Kier alpha value is -1.66. The summed E-state index contributed by atoms with van der Waals surface area (Å²) < 4.78 is 7.96. The summed E-state index contributed by atoms with van der Waals surface area (Å²) in [7, 11) is 1.84. The fraction of sp³-hybridized carbons (Fsp3) is 0.714. The molecule has 3 aliphatic rings. The monoisotopic (exact) mass is 372 g/mol. The van der Waals surface area contributed by atoms with E-state index in [-0.39, 0.29) is 11.5 Å². The Morgan fingerprint density at radius 1 is 1.26 bits per heavy atom. The molecule has 3 heterocycles. The summed E-state index contributed by atoms with van der Waals surface area (Å²) >= 11 is 0. The lowest BCUT2D eigenvalue weighted by atomic mass is 9.88. The number of piperidine rings is 1. The molecule has 6 nitrogen and oxygen atoms in total. The number of hydrogen-bond acceptors (Lipinski definition) is 4. The topological polar surface area (TPSA) is 50.6 Å². The Bertz CT molecular complexity index is 716. The number of likely N-dealkylation sites (tertiary alicyclic amines) is 1. The Labute approximate surface area is 162 Å². The summed E-state index contributed by atoms with van der Waals surface area (Å²) in [5.41, 5.74) is 3.10. The predicted octanol–water partition coefficient (Wildman–Crippen LogP) is 2.54. The summed E-state index contributed by atoms with van der Waals surface area (Å²) in [6.45, 7) is 7.38. The zero-order valence-corrected chi connectivity index (χ0v) is 16.7. The third-order valence-corrected chi connectivity index (χ3v) is 6.32. The smallest absolute Gasteiger partial charge is 0.272 e. The summed E-state index contributed by atoms with van der Waals surface area (Å²) in [6.07, 6.45) is 9.48. The molecule has 27 heavy (non-hydrogen) atoms. The number of rotatable bonds is 3. The molecule has 6 heteroatoms. The van der Waals surface area contributed by atoms with Crippen molar-refractivity contribution >= 4 is 5.91 Å². The number of morpholine rings is 1. The maximum absolute atomic E-state index is 12.8. The quantitative estimate of drug-likeness (QED) is 0.765. The first kappa shape index (κ1) is 18.7. The van der Waals surface area contributed by atoms with Gasteiger partial charge in [0.25, 0.3) is 5.91 Å². The third kappa shape index (κ3) is 4.11. The van der Waals surface area contributed by atoms with Gasteiger partial charge in [-0.1, -0.05) is 11.6 Å². The molecule has 0 saturated carbocycles. The molecule has 2 fully saturated rings. The maximum atomic E-state index is 12.8. The molecule has 1 aliphatic carbocycles. The number of aromatic nitrogens is 2. The van der Waals surface area contributed by atoms with Gasteiger partial charge in [-0.2, -0.15) is 5.10 Å². The Morgan fingerprint density at radius 2 is 2.07 bits per heavy atom. The van der Waals surface area contributed by atoms with Crippen LogP contribution in [0.5, 0.6) is 0 Å². The first-order valence-electron chi connectivity index (χ1n) is 10.4. The van der Waals surface area contributed by atoms with Gasteiger partial charge < -0.3 is 9.64 Å². The number of hydrogen-bond donors (Lipinski definition) is 0. The predicted molar refractivity (Wildman–Crippen MR) is 105 cm³/mol. The van der Waals surface area contributed by atoms with Crippen LogP contribution in [0.3, 0.4) is 0 Å². The van der Waals surface area contributed by atoms with Gasteiger partial charge in [0.1, 0.15) is 5.69 Å². The van der Waals surface area contributed by atoms with Gasteiger partial charge in [0.2, 0.25) is 0 Å². The van der Waals surface area contributed by atoms with Gasteiger partial charge in [-0.25, -0.2) is 0 Å². The minimum absolute atomic E-state index is 0.0768. The Kier molecular flexibility index (Phi) is 5.37. The van der Waals surface area contributed by atoms with E-state index >= 15 is 0 Å². The fourth-order valence-corrected chi connectivity index (χ4v) is 4.79. The maximum Gasteiger partial charge on any atom is 0.272 e. The molecule has 0 aromatic carbocycles. The van der Waals surface area contributed by atoms with E-state index in [0.717, 1.165) is 57.9 Å². The van der Waals surface area contributed by atoms with Gasteiger partial charge in [-0.3, -0.25) is 14.4 Å². The van der Waals surface area contributed by atoms with Crippen LogP contribution >= 0.6 is 0 Å². The lowest BCUT2D eigenvalue weighted by Gasteiger charge is -2.47. The van der Waals surface area contributed by atoms with E-state index < -0.39 is 0 Å². The number of nitrogens with zero attached hydrogens (tertiary/aromatic N) is 4. The molecule has 148 valence electrons. The van der Waals surface area contributed by atoms with E-state index in [1.165, 1.54) is 25.7 Å². The van der Waals surface area contributed by atoms with E-state index in [2.05, 4.69) is 16.1 Å². The third-order valence-electron chi connectivity index (χ3n) is 6.32. The van der Waals surface area contributed by atoms with Crippen LogP contribution in [-0.2, 0) is 11.8 Å². The highest BCUT2D eigenvalue weighted by molar-refractivity contribution is 5.92. The minimum atomic E-state index is -0.0768. The van der Waals surface area contributed by atoms with Crippen LogP contribution in [0.15, 0.2) is 17.7 Å². The van der Waals surface area contributed by atoms with E-state index in [0.29, 0.717) is 5.69 Å². The molecule has 4 rings (SSSR count). The zero-order valence-electron chi connectivity index (χ0n) is 16.7. The molecular formula is C21H32N4O2. The van der Waals surface area contributed by atoms with Gasteiger partial charge in [0, 0.05) is 39.8 Å². The van der Waals surface area contributed by atoms with Crippen LogP contribution in [-0.4, -0.2) is 70.4 Å². The molecular weight excluding hydrogens is 340 g/mol. The number of ether oxygens (including phenoxy) is 1. The minimum Gasteiger partial charge on any atom is -0.372 e. The van der Waals surface area contributed by atoms with Crippen molar-refractivity contribution < 1.29 is 9.53 Å². The van der Waals surface area contributed by atoms with Crippen molar-refractivity contribution in [3.8, 4) is 0 Å². The summed E-state index contributed by atoms with van der Waals surface area (Å²) in [5.74, 6) is 0.0907. The summed E-state index contributed by atoms with van der Waals surface area (Å²) in [5, 5.41) is 4.31. The van der Waals surface area contributed by atoms with Crippen molar-refractivity contribution in [2.45, 2.75) is 51.0 Å². The number of carbonyl (C=O) groups excluding carboxylic acids is 1. The molecule has 1 aromatic rings. The second-order valence-corrected chi connectivity index (χ2v) is 8.44. The average Bonchev–Trinajstić information content (AvgIpc) is 3.01. The van der Waals surface area contributed by atoms with Crippen LogP contribution < -0.4 is 0 Å². The number of carbonyl (C=O) groups is 1. The molecule has 0 atom stereocenters. The number of amides is 1. The van der Waals surface area contributed by atoms with Crippen LogP contribution in [0.4, 0.5) is 0 Å². The second kappa shape index (κ2) is 7.76. The van der Waals surface area contributed by atoms with Crippen molar-refractivity contribution in [3.63, 3.8) is 0 Å². The molecule has 0 unspecified atom stereocenters. The van der Waals surface area contributed by atoms with Crippen molar-refractivity contribution in [1.29, 1.82) is 0 Å². The van der Waals surface area contributed by atoms with E-state index in [9.17, 15) is 4.79 Å². The summed E-state index contributed by atoms with van der Waals surface area (Å²) in [6, 6.07) is 1.88. The highest BCUT2D eigenvalue weighted by Crippen LogP contribution is 2.31. The first-order valence-corrected chi connectivity index (χ1v) is 10.4. The van der Waals surface area contributed by atoms with Gasteiger partial charge >= 0.3 is 0 Å². The molecule has 0 bridgehead atoms. The largest absolute Gasteiger partial charge is 0.372 e. The average molecular weight is 373 g/mol. The first-order chi connectivity index (χ1) is 13.0. The Balaban J connectivity index is 1.35. The van der Waals surface area contributed by atoms with Gasteiger partial charge in [0.15, 0.2) is 0 Å². The van der Waals surface area contributed by atoms with Crippen LogP contribution in [0.2, 0.25) is 0 Å². The van der Waals surface area contributed by atoms with Crippen LogP contribution in [0.25, 0.3) is 0 Å². The molecule has 1 spiro atoms. The molecule has 2 aliphatic heterocycles. The van der Waals surface area contributed by atoms with Gasteiger partial charge in [-0.15, -0.1) is 0 Å². The van der Waals surface area contributed by atoms with Crippen molar-refractivity contribution in [3.05, 3.63) is 29.1 Å². The molecule has 0 radical (unpaired) electrons. The van der Waals surface area contributed by atoms with E-state index in [4.69, 9.17) is 4.74 Å². The summed E-state index contributed by atoms with van der Waals surface area (Å²) in [4.78, 5) is 17.4. The van der Waals surface area contributed by atoms with Gasteiger partial charge in [-0.05, 0) is 51.5 Å².